The van der Waals surface area contributed by atoms with Gasteiger partial charge in [-0.25, -0.2) is 0 Å². The number of hydrogen-bond donors (Lipinski definition) is 2. The third-order valence-corrected chi connectivity index (χ3v) is 5.43. The summed E-state index contributed by atoms with van der Waals surface area (Å²) in [6, 6.07) is 8.22. The van der Waals surface area contributed by atoms with Gasteiger partial charge in [0.15, 0.2) is 4.77 Å². The molecular formula is C21H22ClN3O4S. The number of methoxy groups -OCH3 is 2. The van der Waals surface area contributed by atoms with Gasteiger partial charge in [0, 0.05) is 36.9 Å². The van der Waals surface area contributed by atoms with Crippen LogP contribution >= 0.6 is 23.8 Å². The Kier molecular flexibility index (Phi) is 6.91. The maximum atomic E-state index is 12.8. The highest BCUT2D eigenvalue weighted by atomic mass is 35.5. The summed E-state index contributed by atoms with van der Waals surface area (Å²) >= 11 is 11.4. The molecule has 0 radical (unpaired) electrons. The number of amides is 1. The van der Waals surface area contributed by atoms with Crippen LogP contribution in [0.2, 0.25) is 5.02 Å². The van der Waals surface area contributed by atoms with Gasteiger partial charge in [-0.15, -0.1) is 0 Å². The number of benzene rings is 2. The molecule has 158 valence electrons. The molecule has 2 N–H and O–H groups in total. The first-order chi connectivity index (χ1) is 14.3. The molecule has 2 aromatic carbocycles. The molecule has 0 saturated carbocycles. The van der Waals surface area contributed by atoms with Crippen molar-refractivity contribution in [2.45, 2.75) is 19.9 Å². The average Bonchev–Trinajstić information content (AvgIpc) is 2.72. The molecule has 0 saturated heterocycles. The lowest BCUT2D eigenvalue weighted by Crippen LogP contribution is -2.23. The van der Waals surface area contributed by atoms with Crippen molar-refractivity contribution < 1.29 is 14.3 Å². The highest BCUT2D eigenvalue weighted by Gasteiger charge is 2.14. The summed E-state index contributed by atoms with van der Waals surface area (Å²) in [4.78, 5) is 28.6. The van der Waals surface area contributed by atoms with E-state index in [2.05, 4.69) is 10.3 Å². The van der Waals surface area contributed by atoms with Crippen molar-refractivity contribution in [1.29, 1.82) is 0 Å². The van der Waals surface area contributed by atoms with Gasteiger partial charge < -0.3 is 19.8 Å². The number of carbonyl (C=O) groups excluding carboxylic acids is 1. The summed E-state index contributed by atoms with van der Waals surface area (Å²) in [6.07, 6.45) is 0.669. The van der Waals surface area contributed by atoms with E-state index < -0.39 is 0 Å². The maximum Gasteiger partial charge on any atom is 0.262 e. The van der Waals surface area contributed by atoms with Crippen LogP contribution in [0, 0.1) is 11.7 Å². The largest absolute Gasteiger partial charge is 0.495 e. The summed E-state index contributed by atoms with van der Waals surface area (Å²) in [5.41, 5.74) is 1.99. The van der Waals surface area contributed by atoms with Crippen LogP contribution in [0.15, 0.2) is 35.1 Å². The van der Waals surface area contributed by atoms with Crippen LogP contribution in [0.4, 0.5) is 5.69 Å². The zero-order valence-corrected chi connectivity index (χ0v) is 18.4. The van der Waals surface area contributed by atoms with E-state index >= 15 is 0 Å². The lowest BCUT2D eigenvalue weighted by atomic mass is 10.1. The number of aromatic amines is 1. The van der Waals surface area contributed by atoms with Crippen molar-refractivity contribution in [1.82, 2.24) is 9.55 Å². The molecule has 0 unspecified atom stereocenters. The van der Waals surface area contributed by atoms with Crippen LogP contribution in [0.3, 0.4) is 0 Å². The predicted molar refractivity (Wildman–Crippen MR) is 121 cm³/mol. The monoisotopic (exact) mass is 447 g/mol. The molecule has 3 aromatic rings. The minimum absolute atomic E-state index is 0.202. The maximum absolute atomic E-state index is 12.8. The van der Waals surface area contributed by atoms with Crippen LogP contribution in [-0.4, -0.2) is 36.3 Å². The van der Waals surface area contributed by atoms with Gasteiger partial charge in [0.2, 0.25) is 0 Å². The van der Waals surface area contributed by atoms with Crippen molar-refractivity contribution in [3.05, 3.63) is 61.6 Å². The van der Waals surface area contributed by atoms with Crippen LogP contribution in [-0.2, 0) is 11.3 Å². The molecule has 7 nitrogen and oxygen atoms in total. The second kappa shape index (κ2) is 9.42. The number of hydrogen-bond acceptors (Lipinski definition) is 5. The molecule has 0 bridgehead atoms. The van der Waals surface area contributed by atoms with Crippen LogP contribution in [0.5, 0.6) is 5.75 Å². The van der Waals surface area contributed by atoms with Crippen molar-refractivity contribution in [3.63, 3.8) is 0 Å². The third kappa shape index (κ3) is 4.56. The summed E-state index contributed by atoms with van der Waals surface area (Å²) in [6.45, 7) is 2.83. The molecule has 0 aliphatic carbocycles. The van der Waals surface area contributed by atoms with E-state index in [0.717, 1.165) is 5.56 Å². The average molecular weight is 448 g/mol. The van der Waals surface area contributed by atoms with Gasteiger partial charge in [0.25, 0.3) is 11.5 Å². The number of nitrogens with zero attached hydrogens (tertiary/aromatic N) is 1. The Balaban J connectivity index is 1.93. The predicted octanol–water partition coefficient (Wildman–Crippen LogP) is 4.32. The van der Waals surface area contributed by atoms with Gasteiger partial charge in [-0.1, -0.05) is 11.6 Å². The summed E-state index contributed by atoms with van der Waals surface area (Å²) in [5, 5.41) is 3.83. The number of anilines is 1. The number of ether oxygens (including phenoxy) is 2. The molecule has 1 aromatic heterocycles. The smallest absolute Gasteiger partial charge is 0.262 e. The van der Waals surface area contributed by atoms with Gasteiger partial charge in [-0.2, -0.15) is 0 Å². The van der Waals surface area contributed by atoms with Crippen molar-refractivity contribution >= 4 is 46.3 Å². The van der Waals surface area contributed by atoms with E-state index in [9.17, 15) is 9.59 Å². The fourth-order valence-electron chi connectivity index (χ4n) is 3.09. The molecule has 1 heterocycles. The molecular weight excluding hydrogens is 426 g/mol. The second-order valence-electron chi connectivity index (χ2n) is 6.75. The van der Waals surface area contributed by atoms with Crippen molar-refractivity contribution in [2.75, 3.05) is 26.1 Å². The van der Waals surface area contributed by atoms with Crippen LogP contribution < -0.4 is 15.6 Å². The van der Waals surface area contributed by atoms with E-state index in [1.807, 2.05) is 6.92 Å². The summed E-state index contributed by atoms with van der Waals surface area (Å²) in [5.74, 6) is 0.110. The minimum Gasteiger partial charge on any atom is -0.495 e. The van der Waals surface area contributed by atoms with Gasteiger partial charge in [0.1, 0.15) is 5.75 Å². The highest BCUT2D eigenvalue weighted by molar-refractivity contribution is 7.71. The van der Waals surface area contributed by atoms with Crippen molar-refractivity contribution in [3.8, 4) is 5.75 Å². The topological polar surface area (TPSA) is 85.3 Å². The van der Waals surface area contributed by atoms with Crippen LogP contribution in [0.1, 0.15) is 22.3 Å². The second-order valence-corrected chi connectivity index (χ2v) is 7.54. The first kappa shape index (κ1) is 22.0. The Bertz CT molecular complexity index is 1220. The van der Waals surface area contributed by atoms with Crippen LogP contribution in [0.25, 0.3) is 10.9 Å². The fourth-order valence-corrected chi connectivity index (χ4v) is 3.53. The van der Waals surface area contributed by atoms with Gasteiger partial charge in [0.05, 0.1) is 23.7 Å². The Morgan fingerprint density at radius 2 is 2.03 bits per heavy atom. The number of carbonyl (C=O) groups is 1. The first-order valence-corrected chi connectivity index (χ1v) is 10.1. The van der Waals surface area contributed by atoms with E-state index in [1.165, 1.54) is 11.7 Å². The standard InChI is InChI=1S/C21H22ClN3O4S/c1-12-9-17(18(29-3)11-15(12)22)23-19(26)13-5-6-14-16(10-13)24-21(30)25(20(14)27)7-4-8-28-2/h5-6,9-11H,4,7-8H2,1-3H3,(H,23,26)(H,24,30). The molecule has 9 heteroatoms. The Labute approximate surface area is 183 Å². The lowest BCUT2D eigenvalue weighted by molar-refractivity contribution is 0.102. The molecule has 0 fully saturated rings. The number of fused-ring (bicyclic) bond motifs is 1. The first-order valence-electron chi connectivity index (χ1n) is 9.27. The quantitative estimate of drug-likeness (QED) is 0.416. The normalized spacial score (nSPS) is 10.9. The molecule has 0 spiro atoms. The number of nitrogens with one attached hydrogen (secondary N) is 2. The SMILES string of the molecule is COCCCn1c(=S)[nH]c2cc(C(=O)Nc3cc(C)c(Cl)cc3OC)ccc2c1=O. The summed E-state index contributed by atoms with van der Waals surface area (Å²) < 4.78 is 12.1. The number of aromatic nitrogens is 2. The number of H-pyrrole nitrogens is 1. The van der Waals surface area contributed by atoms with Gasteiger partial charge >= 0.3 is 0 Å². The minimum atomic E-state index is -0.347. The molecule has 0 aliphatic heterocycles. The Morgan fingerprint density at radius 1 is 1.27 bits per heavy atom. The third-order valence-electron chi connectivity index (χ3n) is 4.70. The fraction of sp³-hybridized carbons (Fsp3) is 0.286. The van der Waals surface area contributed by atoms with E-state index in [0.29, 0.717) is 57.3 Å². The van der Waals surface area contributed by atoms with E-state index in [1.54, 1.807) is 37.4 Å². The van der Waals surface area contributed by atoms with Gasteiger partial charge in [-0.05, 0) is 55.4 Å². The highest BCUT2D eigenvalue weighted by Crippen LogP contribution is 2.31. The van der Waals surface area contributed by atoms with Gasteiger partial charge in [-0.3, -0.25) is 14.2 Å². The molecule has 0 aliphatic rings. The molecule has 0 atom stereocenters. The zero-order valence-electron chi connectivity index (χ0n) is 16.9. The number of aryl methyl sites for hydroxylation is 1. The molecule has 3 rings (SSSR count). The molecule has 30 heavy (non-hydrogen) atoms. The number of rotatable bonds is 7. The lowest BCUT2D eigenvalue weighted by Gasteiger charge is -2.13. The summed E-state index contributed by atoms with van der Waals surface area (Å²) in [7, 11) is 3.11. The zero-order chi connectivity index (χ0) is 21.8. The Hall–Kier alpha value is -2.68. The number of halogens is 1. The molecule has 1 amide bonds. The van der Waals surface area contributed by atoms with Crippen molar-refractivity contribution in [2.24, 2.45) is 0 Å². The van der Waals surface area contributed by atoms with E-state index in [4.69, 9.17) is 33.3 Å². The van der Waals surface area contributed by atoms with E-state index in [-0.39, 0.29) is 11.5 Å². The Morgan fingerprint density at radius 3 is 2.73 bits per heavy atom.